The second-order valence-corrected chi connectivity index (χ2v) is 9.95. The number of benzene rings is 1. The zero-order chi connectivity index (χ0) is 22.4. The minimum absolute atomic E-state index is 0.0578. The first-order valence-corrected chi connectivity index (χ1v) is 12.2. The van der Waals surface area contributed by atoms with E-state index in [1.807, 2.05) is 18.7 Å². The predicted octanol–water partition coefficient (Wildman–Crippen LogP) is 1.33. The highest BCUT2D eigenvalue weighted by Gasteiger charge is 2.33. The number of piperazine rings is 1. The van der Waals surface area contributed by atoms with E-state index in [-0.39, 0.29) is 35.2 Å². The molecule has 0 aromatic heterocycles. The first-order valence-electron chi connectivity index (χ1n) is 10.7. The van der Waals surface area contributed by atoms with E-state index in [1.54, 1.807) is 12.1 Å². The summed E-state index contributed by atoms with van der Waals surface area (Å²) in [5.74, 6) is 0.181. The molecule has 1 saturated heterocycles. The normalized spacial score (nSPS) is 20.5. The molecular weight excluding hydrogens is 418 g/mol. The van der Waals surface area contributed by atoms with Crippen LogP contribution in [-0.4, -0.2) is 63.2 Å². The van der Waals surface area contributed by atoms with Crippen molar-refractivity contribution < 1.29 is 18.0 Å². The minimum atomic E-state index is -3.78. The molecule has 0 spiro atoms. The van der Waals surface area contributed by atoms with E-state index >= 15 is 0 Å². The van der Waals surface area contributed by atoms with Crippen molar-refractivity contribution in [2.45, 2.75) is 50.5 Å². The van der Waals surface area contributed by atoms with E-state index in [0.717, 1.165) is 19.3 Å². The zero-order valence-electron chi connectivity index (χ0n) is 18.1. The smallest absolute Gasteiger partial charge is 0.262 e. The van der Waals surface area contributed by atoms with Crippen LogP contribution in [0.4, 0.5) is 5.69 Å². The molecule has 2 aliphatic rings. The summed E-state index contributed by atoms with van der Waals surface area (Å²) in [7, 11) is -3.78. The van der Waals surface area contributed by atoms with Gasteiger partial charge in [-0.05, 0) is 37.0 Å². The molecule has 1 atom stereocenters. The lowest BCUT2D eigenvalue weighted by Gasteiger charge is -2.36. The Balaban J connectivity index is 1.66. The summed E-state index contributed by atoms with van der Waals surface area (Å²) in [4.78, 5) is 31.0. The lowest BCUT2D eigenvalue weighted by molar-refractivity contribution is -0.132. The maximum absolute atomic E-state index is 12.8. The second-order valence-electron chi connectivity index (χ2n) is 8.27. The molecular formula is C21H31N5O4S. The summed E-state index contributed by atoms with van der Waals surface area (Å²) in [6.07, 6.45) is 3.51. The molecule has 2 aliphatic heterocycles. The van der Waals surface area contributed by atoms with Crippen LogP contribution in [-0.2, 0) is 19.6 Å². The summed E-state index contributed by atoms with van der Waals surface area (Å²) < 4.78 is 28.1. The van der Waals surface area contributed by atoms with E-state index in [9.17, 15) is 18.0 Å². The molecule has 170 valence electrons. The molecule has 1 fully saturated rings. The van der Waals surface area contributed by atoms with Crippen LogP contribution in [0.1, 0.15) is 39.5 Å². The summed E-state index contributed by atoms with van der Waals surface area (Å²) in [6, 6.07) is 5.78. The van der Waals surface area contributed by atoms with Gasteiger partial charge in [0.25, 0.3) is 10.0 Å². The van der Waals surface area contributed by atoms with Crippen LogP contribution in [0.2, 0.25) is 0 Å². The van der Waals surface area contributed by atoms with Crippen LogP contribution < -0.4 is 15.4 Å². The zero-order valence-corrected chi connectivity index (χ0v) is 18.9. The average molecular weight is 450 g/mol. The Morgan fingerprint density at radius 2 is 2.10 bits per heavy atom. The van der Waals surface area contributed by atoms with Crippen LogP contribution in [0.5, 0.6) is 0 Å². The van der Waals surface area contributed by atoms with Crippen LogP contribution in [0.25, 0.3) is 0 Å². The quantitative estimate of drug-likeness (QED) is 0.605. The van der Waals surface area contributed by atoms with E-state index in [4.69, 9.17) is 0 Å². The van der Waals surface area contributed by atoms with Gasteiger partial charge in [-0.2, -0.15) is 0 Å². The first-order chi connectivity index (χ1) is 14.8. The fourth-order valence-electron chi connectivity index (χ4n) is 3.93. The van der Waals surface area contributed by atoms with Gasteiger partial charge in [0, 0.05) is 31.7 Å². The van der Waals surface area contributed by atoms with Gasteiger partial charge in [0.05, 0.1) is 17.5 Å². The Morgan fingerprint density at radius 3 is 2.87 bits per heavy atom. The highest BCUT2D eigenvalue weighted by molar-refractivity contribution is 7.90. The monoisotopic (exact) mass is 449 g/mol. The standard InChI is InChI=1S/C21H31N5O4S/c1-15(2)20-21(28)23-11-12-26(20)14-19(27)24-16-7-6-8-17(13-16)31(29,30)25-18-9-4-3-5-10-22-18/h6-8,13,15,20H,3-5,9-12,14H2,1-2H3,(H,22,25)(H,23,28)(H,24,27). The van der Waals surface area contributed by atoms with Crippen molar-refractivity contribution >= 4 is 33.4 Å². The number of nitrogens with one attached hydrogen (secondary N) is 3. The first kappa shape index (κ1) is 23.2. The third kappa shape index (κ3) is 6.27. The Labute approximate surface area is 183 Å². The fourth-order valence-corrected chi connectivity index (χ4v) is 5.07. The van der Waals surface area contributed by atoms with Gasteiger partial charge in [-0.3, -0.25) is 24.2 Å². The van der Waals surface area contributed by atoms with Crippen LogP contribution in [0, 0.1) is 5.92 Å². The molecule has 3 N–H and O–H groups in total. The molecule has 1 aromatic rings. The summed E-state index contributed by atoms with van der Waals surface area (Å²) in [5, 5.41) is 5.59. The van der Waals surface area contributed by atoms with Crippen molar-refractivity contribution in [2.24, 2.45) is 10.9 Å². The van der Waals surface area contributed by atoms with Crippen molar-refractivity contribution in [1.29, 1.82) is 0 Å². The SMILES string of the molecule is CC(C)C1C(=O)NCCN1CC(=O)Nc1cccc(S(=O)(=O)NC2=NCCCCC2)c1. The van der Waals surface area contributed by atoms with Gasteiger partial charge in [-0.15, -0.1) is 0 Å². The molecule has 1 unspecified atom stereocenters. The van der Waals surface area contributed by atoms with Gasteiger partial charge < -0.3 is 10.6 Å². The number of amidine groups is 1. The predicted molar refractivity (Wildman–Crippen MR) is 119 cm³/mol. The van der Waals surface area contributed by atoms with Crippen molar-refractivity contribution in [3.8, 4) is 0 Å². The number of sulfonamides is 1. The molecule has 3 rings (SSSR count). The minimum Gasteiger partial charge on any atom is -0.353 e. The number of rotatable bonds is 6. The van der Waals surface area contributed by atoms with Gasteiger partial charge in [0.2, 0.25) is 11.8 Å². The third-order valence-corrected chi connectivity index (χ3v) is 6.77. The fraction of sp³-hybridized carbons (Fsp3) is 0.571. The molecule has 0 bridgehead atoms. The molecule has 9 nitrogen and oxygen atoms in total. The number of carbonyl (C=O) groups is 2. The van der Waals surface area contributed by atoms with E-state index in [0.29, 0.717) is 37.6 Å². The van der Waals surface area contributed by atoms with Crippen molar-refractivity contribution in [3.05, 3.63) is 24.3 Å². The molecule has 0 aliphatic carbocycles. The Morgan fingerprint density at radius 1 is 1.29 bits per heavy atom. The number of amides is 2. The lowest BCUT2D eigenvalue weighted by atomic mass is 10.00. The number of aliphatic imine (C=N–C) groups is 1. The average Bonchev–Trinajstić information content (AvgIpc) is 2.96. The Bertz CT molecular complexity index is 945. The van der Waals surface area contributed by atoms with Gasteiger partial charge in [-0.25, -0.2) is 8.42 Å². The largest absolute Gasteiger partial charge is 0.353 e. The van der Waals surface area contributed by atoms with Crippen LogP contribution in [0.15, 0.2) is 34.2 Å². The topological polar surface area (TPSA) is 120 Å². The van der Waals surface area contributed by atoms with Crippen molar-refractivity contribution in [3.63, 3.8) is 0 Å². The van der Waals surface area contributed by atoms with E-state index in [2.05, 4.69) is 20.3 Å². The molecule has 0 radical (unpaired) electrons. The molecule has 1 aromatic carbocycles. The molecule has 0 saturated carbocycles. The van der Waals surface area contributed by atoms with Crippen LogP contribution in [0.3, 0.4) is 0 Å². The second kappa shape index (κ2) is 10.2. The maximum atomic E-state index is 12.8. The molecule has 2 amide bonds. The molecule has 31 heavy (non-hydrogen) atoms. The van der Waals surface area contributed by atoms with Crippen molar-refractivity contribution in [2.75, 3.05) is 31.5 Å². The lowest BCUT2D eigenvalue weighted by Crippen LogP contribution is -2.58. The highest BCUT2D eigenvalue weighted by atomic mass is 32.2. The van der Waals surface area contributed by atoms with Gasteiger partial charge in [0.15, 0.2) is 0 Å². The summed E-state index contributed by atoms with van der Waals surface area (Å²) >= 11 is 0. The van der Waals surface area contributed by atoms with Crippen molar-refractivity contribution in [1.82, 2.24) is 14.9 Å². The third-order valence-electron chi connectivity index (χ3n) is 5.39. The van der Waals surface area contributed by atoms with Gasteiger partial charge in [0.1, 0.15) is 5.84 Å². The number of hydrogen-bond acceptors (Lipinski definition) is 6. The summed E-state index contributed by atoms with van der Waals surface area (Å²) in [6.45, 7) is 5.66. The van der Waals surface area contributed by atoms with E-state index < -0.39 is 10.0 Å². The van der Waals surface area contributed by atoms with Gasteiger partial charge in [-0.1, -0.05) is 26.3 Å². The maximum Gasteiger partial charge on any atom is 0.262 e. The van der Waals surface area contributed by atoms with E-state index in [1.165, 1.54) is 12.1 Å². The highest BCUT2D eigenvalue weighted by Crippen LogP contribution is 2.18. The van der Waals surface area contributed by atoms with Crippen LogP contribution >= 0.6 is 0 Å². The summed E-state index contributed by atoms with van der Waals surface area (Å²) in [5.41, 5.74) is 0.387. The number of hydrogen-bond donors (Lipinski definition) is 3. The Kier molecular flexibility index (Phi) is 7.66. The number of carbonyl (C=O) groups excluding carboxylic acids is 2. The molecule has 2 heterocycles. The number of anilines is 1. The number of nitrogens with zero attached hydrogens (tertiary/aromatic N) is 2. The molecule has 10 heteroatoms. The Hall–Kier alpha value is -2.46. The van der Waals surface area contributed by atoms with Gasteiger partial charge >= 0.3 is 0 Å².